The molecule has 1 amide bonds. The van der Waals surface area contributed by atoms with Crippen LogP contribution in [0, 0.1) is 0 Å². The first kappa shape index (κ1) is 13.5. The Morgan fingerprint density at radius 3 is 2.30 bits per heavy atom. The molecule has 0 atom stereocenters. The molecule has 2 aromatic rings. The maximum absolute atomic E-state index is 12.0. The molecule has 0 aromatic heterocycles. The first-order valence-corrected chi connectivity index (χ1v) is 6.95. The summed E-state index contributed by atoms with van der Waals surface area (Å²) in [6, 6.07) is 10.4. The Labute approximate surface area is 131 Å². The average Bonchev–Trinajstić information content (AvgIpc) is 2.64. The van der Waals surface area contributed by atoms with Crippen LogP contribution in [0.1, 0.15) is 11.1 Å². The van der Waals surface area contributed by atoms with Gasteiger partial charge in [0.05, 0.1) is 5.69 Å². The molecule has 0 spiro atoms. The molecular formula is C15H8Cl3NO. The molecule has 20 heavy (non-hydrogen) atoms. The van der Waals surface area contributed by atoms with Gasteiger partial charge < -0.3 is 5.32 Å². The van der Waals surface area contributed by atoms with Gasteiger partial charge in [0.1, 0.15) is 0 Å². The van der Waals surface area contributed by atoms with Crippen molar-refractivity contribution in [1.29, 1.82) is 0 Å². The van der Waals surface area contributed by atoms with Crippen LogP contribution < -0.4 is 5.32 Å². The Balaban J connectivity index is 2.11. The van der Waals surface area contributed by atoms with Crippen LogP contribution in [-0.4, -0.2) is 5.91 Å². The summed E-state index contributed by atoms with van der Waals surface area (Å²) in [6.07, 6.45) is 1.76. The van der Waals surface area contributed by atoms with Crippen LogP contribution in [0.15, 0.2) is 36.4 Å². The van der Waals surface area contributed by atoms with E-state index in [1.807, 2.05) is 6.07 Å². The lowest BCUT2D eigenvalue weighted by molar-refractivity contribution is -0.110. The van der Waals surface area contributed by atoms with Gasteiger partial charge in [0.2, 0.25) is 0 Å². The SMILES string of the molecule is O=C1Nc2cc(Cl)ccc2C1=Cc1cc(Cl)cc(Cl)c1. The molecule has 3 rings (SSSR count). The van der Waals surface area contributed by atoms with E-state index in [-0.39, 0.29) is 5.91 Å². The minimum Gasteiger partial charge on any atom is -0.321 e. The maximum Gasteiger partial charge on any atom is 0.256 e. The molecule has 100 valence electrons. The van der Waals surface area contributed by atoms with Crippen LogP contribution in [0.25, 0.3) is 11.6 Å². The first-order valence-electron chi connectivity index (χ1n) is 5.82. The summed E-state index contributed by atoms with van der Waals surface area (Å²) in [5.41, 5.74) is 2.86. The van der Waals surface area contributed by atoms with Gasteiger partial charge >= 0.3 is 0 Å². The van der Waals surface area contributed by atoms with Crippen LogP contribution in [-0.2, 0) is 4.79 Å². The van der Waals surface area contributed by atoms with Gasteiger partial charge in [-0.25, -0.2) is 0 Å². The van der Waals surface area contributed by atoms with Gasteiger partial charge in [0.15, 0.2) is 0 Å². The number of hydrogen-bond donors (Lipinski definition) is 1. The van der Waals surface area contributed by atoms with Crippen LogP contribution in [0.5, 0.6) is 0 Å². The zero-order valence-corrected chi connectivity index (χ0v) is 12.4. The van der Waals surface area contributed by atoms with Gasteiger partial charge in [-0.2, -0.15) is 0 Å². The van der Waals surface area contributed by atoms with Crippen molar-refractivity contribution in [2.75, 3.05) is 5.32 Å². The smallest absolute Gasteiger partial charge is 0.256 e. The van der Waals surface area contributed by atoms with Crippen LogP contribution in [0.4, 0.5) is 5.69 Å². The van der Waals surface area contributed by atoms with Crippen molar-refractivity contribution in [2.45, 2.75) is 0 Å². The van der Waals surface area contributed by atoms with E-state index in [1.165, 1.54) is 0 Å². The summed E-state index contributed by atoms with van der Waals surface area (Å²) >= 11 is 17.8. The molecule has 0 aliphatic carbocycles. The second-order valence-electron chi connectivity index (χ2n) is 4.40. The Hall–Kier alpha value is -1.48. The maximum atomic E-state index is 12.0. The first-order chi connectivity index (χ1) is 9.52. The summed E-state index contributed by atoms with van der Waals surface area (Å²) in [7, 11) is 0. The quantitative estimate of drug-likeness (QED) is 0.723. The van der Waals surface area contributed by atoms with Gasteiger partial charge in [0, 0.05) is 26.2 Å². The molecule has 0 saturated carbocycles. The molecule has 1 aliphatic heterocycles. The number of rotatable bonds is 1. The summed E-state index contributed by atoms with van der Waals surface area (Å²) in [5, 5.41) is 4.41. The molecular weight excluding hydrogens is 317 g/mol. The molecule has 5 heteroatoms. The number of anilines is 1. The summed E-state index contributed by atoms with van der Waals surface area (Å²) in [4.78, 5) is 12.0. The van der Waals surface area contributed by atoms with Crippen LogP contribution >= 0.6 is 34.8 Å². The molecule has 0 saturated heterocycles. The van der Waals surface area contributed by atoms with Crippen molar-refractivity contribution >= 4 is 58.0 Å². The van der Waals surface area contributed by atoms with Crippen molar-refractivity contribution in [2.24, 2.45) is 0 Å². The number of benzene rings is 2. The number of carbonyl (C=O) groups is 1. The van der Waals surface area contributed by atoms with Crippen LogP contribution in [0.3, 0.4) is 0 Å². The standard InChI is InChI=1S/C15H8Cl3NO/c16-9-1-2-12-13(15(20)19-14(12)7-9)5-8-3-10(17)6-11(18)4-8/h1-7H,(H,19,20). The lowest BCUT2D eigenvalue weighted by Gasteiger charge is -2.01. The number of halogens is 3. The fourth-order valence-corrected chi connectivity index (χ4v) is 2.85. The van der Waals surface area contributed by atoms with E-state index < -0.39 is 0 Å². The number of amides is 1. The van der Waals surface area contributed by atoms with E-state index in [0.29, 0.717) is 26.3 Å². The van der Waals surface area contributed by atoms with Gasteiger partial charge in [-0.3, -0.25) is 4.79 Å². The molecule has 0 radical (unpaired) electrons. The number of fused-ring (bicyclic) bond motifs is 1. The van der Waals surface area contributed by atoms with Gasteiger partial charge in [-0.1, -0.05) is 40.9 Å². The molecule has 0 bridgehead atoms. The van der Waals surface area contributed by atoms with E-state index >= 15 is 0 Å². The number of nitrogens with one attached hydrogen (secondary N) is 1. The molecule has 1 aliphatic rings. The van der Waals surface area contributed by atoms with Crippen molar-refractivity contribution < 1.29 is 4.79 Å². The zero-order valence-electron chi connectivity index (χ0n) is 10.1. The highest BCUT2D eigenvalue weighted by Gasteiger charge is 2.24. The van der Waals surface area contributed by atoms with Gasteiger partial charge in [-0.15, -0.1) is 0 Å². The van der Waals surface area contributed by atoms with E-state index in [2.05, 4.69) is 5.32 Å². The highest BCUT2D eigenvalue weighted by molar-refractivity contribution is 6.37. The van der Waals surface area contributed by atoms with E-state index in [9.17, 15) is 4.79 Å². The number of carbonyl (C=O) groups excluding carboxylic acids is 1. The fourth-order valence-electron chi connectivity index (χ4n) is 2.14. The molecule has 2 aromatic carbocycles. The predicted octanol–water partition coefficient (Wildman–Crippen LogP) is 5.14. The van der Waals surface area contributed by atoms with Crippen molar-refractivity contribution in [3.05, 3.63) is 62.6 Å². The average molecular weight is 325 g/mol. The topological polar surface area (TPSA) is 29.1 Å². The van der Waals surface area contributed by atoms with Crippen LogP contribution in [0.2, 0.25) is 15.1 Å². The Bertz CT molecular complexity index is 733. The van der Waals surface area contributed by atoms with E-state index in [0.717, 1.165) is 11.1 Å². The summed E-state index contributed by atoms with van der Waals surface area (Å²) in [5.74, 6) is -0.168. The Morgan fingerprint density at radius 1 is 0.900 bits per heavy atom. The van der Waals surface area contributed by atoms with Crippen molar-refractivity contribution in [1.82, 2.24) is 0 Å². The predicted molar refractivity (Wildman–Crippen MR) is 84.4 cm³/mol. The largest absolute Gasteiger partial charge is 0.321 e. The molecule has 2 nitrogen and oxygen atoms in total. The minimum absolute atomic E-state index is 0.168. The Kier molecular flexibility index (Phi) is 3.47. The van der Waals surface area contributed by atoms with Gasteiger partial charge in [-0.05, 0) is 42.0 Å². The third-order valence-corrected chi connectivity index (χ3v) is 3.63. The fraction of sp³-hybridized carbons (Fsp3) is 0. The lowest BCUT2D eigenvalue weighted by Crippen LogP contribution is -2.03. The van der Waals surface area contributed by atoms with Crippen molar-refractivity contribution in [3.8, 4) is 0 Å². The molecule has 0 fully saturated rings. The van der Waals surface area contributed by atoms with Crippen molar-refractivity contribution in [3.63, 3.8) is 0 Å². The minimum atomic E-state index is -0.168. The Morgan fingerprint density at radius 2 is 1.60 bits per heavy atom. The zero-order chi connectivity index (χ0) is 14.3. The second-order valence-corrected chi connectivity index (χ2v) is 5.71. The van der Waals surface area contributed by atoms with E-state index in [1.54, 1.807) is 36.4 Å². The van der Waals surface area contributed by atoms with Gasteiger partial charge in [0.25, 0.3) is 5.91 Å². The highest BCUT2D eigenvalue weighted by Crippen LogP contribution is 2.35. The molecule has 1 heterocycles. The second kappa shape index (κ2) is 5.13. The van der Waals surface area contributed by atoms with E-state index in [4.69, 9.17) is 34.8 Å². The third-order valence-electron chi connectivity index (χ3n) is 2.96. The summed E-state index contributed by atoms with van der Waals surface area (Å²) < 4.78 is 0. The lowest BCUT2D eigenvalue weighted by atomic mass is 10.0. The third kappa shape index (κ3) is 2.55. The molecule has 1 N–H and O–H groups in total. The molecule has 0 unspecified atom stereocenters. The monoisotopic (exact) mass is 323 g/mol. The highest BCUT2D eigenvalue weighted by atomic mass is 35.5. The number of hydrogen-bond acceptors (Lipinski definition) is 1. The normalized spacial score (nSPS) is 15.3. The summed E-state index contributed by atoms with van der Waals surface area (Å²) in [6.45, 7) is 0.